The fourth-order valence-corrected chi connectivity index (χ4v) is 4.98. The van der Waals surface area contributed by atoms with Gasteiger partial charge in [0.25, 0.3) is 0 Å². The zero-order valence-electron chi connectivity index (χ0n) is 23.5. The number of esters is 3. The second-order valence-electron chi connectivity index (χ2n) is 10.7. The Morgan fingerprint density at radius 2 is 1.56 bits per heavy atom. The summed E-state index contributed by atoms with van der Waals surface area (Å²) in [5.74, 6) is -2.04. The molecule has 0 radical (unpaired) electrons. The van der Waals surface area contributed by atoms with E-state index in [1.54, 1.807) is 0 Å². The van der Waals surface area contributed by atoms with Crippen LogP contribution in [0.2, 0.25) is 0 Å². The van der Waals surface area contributed by atoms with Crippen molar-refractivity contribution in [3.8, 4) is 0 Å². The first-order valence-corrected chi connectivity index (χ1v) is 14.5. The van der Waals surface area contributed by atoms with Crippen molar-refractivity contribution >= 4 is 17.9 Å². The summed E-state index contributed by atoms with van der Waals surface area (Å²) >= 11 is 0. The number of hydrogen-bond acceptors (Lipinski definition) is 6. The Hall–Kier alpha value is -1.85. The SMILES string of the molecule is C=CC(=O)OC1(C(=O)OCCCCCCCCC)CCCCC1C(=O)OCC(CCCCC)C(C)C. The highest BCUT2D eigenvalue weighted by Crippen LogP contribution is 2.39. The first kappa shape index (κ1) is 32.2. The highest BCUT2D eigenvalue weighted by atomic mass is 16.6. The molecule has 1 rings (SSSR count). The Kier molecular flexibility index (Phi) is 16.4. The average molecular weight is 509 g/mol. The van der Waals surface area contributed by atoms with E-state index < -0.39 is 29.4 Å². The smallest absolute Gasteiger partial charge is 0.351 e. The van der Waals surface area contributed by atoms with E-state index >= 15 is 0 Å². The highest BCUT2D eigenvalue weighted by molar-refractivity contribution is 5.92. The summed E-state index contributed by atoms with van der Waals surface area (Å²) in [6.07, 6.45) is 15.3. The van der Waals surface area contributed by atoms with E-state index in [0.717, 1.165) is 57.4 Å². The second kappa shape index (κ2) is 18.4. The third-order valence-electron chi connectivity index (χ3n) is 7.48. The number of rotatable bonds is 19. The zero-order chi connectivity index (χ0) is 26.8. The molecule has 0 aromatic rings. The van der Waals surface area contributed by atoms with Gasteiger partial charge in [-0.05, 0) is 43.9 Å². The van der Waals surface area contributed by atoms with Crippen LogP contribution in [0.4, 0.5) is 0 Å². The van der Waals surface area contributed by atoms with Crippen LogP contribution in [0, 0.1) is 17.8 Å². The largest absolute Gasteiger partial charge is 0.465 e. The maximum atomic E-state index is 13.3. The molecular weight excluding hydrogens is 456 g/mol. The predicted molar refractivity (Wildman–Crippen MR) is 143 cm³/mol. The van der Waals surface area contributed by atoms with Crippen LogP contribution in [0.3, 0.4) is 0 Å². The summed E-state index contributed by atoms with van der Waals surface area (Å²) in [4.78, 5) is 38.9. The molecule has 0 heterocycles. The summed E-state index contributed by atoms with van der Waals surface area (Å²) in [6.45, 7) is 12.7. The van der Waals surface area contributed by atoms with Gasteiger partial charge in [-0.3, -0.25) is 4.79 Å². The molecule has 1 aliphatic carbocycles. The Morgan fingerprint density at radius 1 is 0.917 bits per heavy atom. The summed E-state index contributed by atoms with van der Waals surface area (Å²) < 4.78 is 17.0. The minimum atomic E-state index is -1.64. The molecular formula is C30H52O6. The van der Waals surface area contributed by atoms with Gasteiger partial charge in [-0.15, -0.1) is 0 Å². The molecule has 1 saturated carbocycles. The summed E-state index contributed by atoms with van der Waals surface area (Å²) in [5, 5.41) is 0. The molecule has 0 aromatic heterocycles. The van der Waals surface area contributed by atoms with Crippen molar-refractivity contribution in [2.75, 3.05) is 13.2 Å². The normalized spacial score (nSPS) is 20.5. The predicted octanol–water partition coefficient (Wildman–Crippen LogP) is 7.33. The van der Waals surface area contributed by atoms with Gasteiger partial charge in [0.05, 0.1) is 13.2 Å². The molecule has 208 valence electrons. The Bertz CT molecular complexity index is 658. The second-order valence-corrected chi connectivity index (χ2v) is 10.7. The van der Waals surface area contributed by atoms with E-state index in [4.69, 9.17) is 14.2 Å². The molecule has 36 heavy (non-hydrogen) atoms. The molecule has 0 bridgehead atoms. The number of carbonyl (C=O) groups is 3. The van der Waals surface area contributed by atoms with Crippen molar-refractivity contribution in [3.05, 3.63) is 12.7 Å². The van der Waals surface area contributed by atoms with Crippen molar-refractivity contribution in [2.24, 2.45) is 17.8 Å². The van der Waals surface area contributed by atoms with Crippen LogP contribution in [-0.4, -0.2) is 36.7 Å². The average Bonchev–Trinajstić information content (AvgIpc) is 2.87. The van der Waals surface area contributed by atoms with Crippen LogP contribution in [0.5, 0.6) is 0 Å². The molecule has 0 spiro atoms. The standard InChI is InChI=1S/C30H52O6/c1-6-9-11-12-13-14-18-22-34-29(33)30(36-27(31)8-3)21-17-16-20-26(30)28(32)35-23-25(24(4)5)19-15-10-7-2/h8,24-26H,3,6-7,9-23H2,1-2,4-5H3. The minimum Gasteiger partial charge on any atom is -0.465 e. The lowest BCUT2D eigenvalue weighted by molar-refractivity contribution is -0.198. The van der Waals surface area contributed by atoms with Gasteiger partial charge in [-0.2, -0.15) is 0 Å². The highest BCUT2D eigenvalue weighted by Gasteiger charge is 2.55. The molecule has 1 aliphatic rings. The fraction of sp³-hybridized carbons (Fsp3) is 0.833. The van der Waals surface area contributed by atoms with Crippen molar-refractivity contribution in [1.82, 2.24) is 0 Å². The topological polar surface area (TPSA) is 78.9 Å². The van der Waals surface area contributed by atoms with Gasteiger partial charge in [-0.25, -0.2) is 9.59 Å². The van der Waals surface area contributed by atoms with Crippen molar-refractivity contribution in [1.29, 1.82) is 0 Å². The maximum absolute atomic E-state index is 13.3. The van der Waals surface area contributed by atoms with Gasteiger partial charge in [0.15, 0.2) is 0 Å². The van der Waals surface area contributed by atoms with E-state index in [1.165, 1.54) is 25.7 Å². The molecule has 0 saturated heterocycles. The molecule has 6 heteroatoms. The third kappa shape index (κ3) is 11.0. The van der Waals surface area contributed by atoms with Crippen molar-refractivity contribution in [3.63, 3.8) is 0 Å². The zero-order valence-corrected chi connectivity index (χ0v) is 23.5. The number of hydrogen-bond donors (Lipinski definition) is 0. The lowest BCUT2D eigenvalue weighted by Crippen LogP contribution is -2.55. The van der Waals surface area contributed by atoms with Crippen LogP contribution in [0.1, 0.15) is 124 Å². The number of ether oxygens (including phenoxy) is 3. The molecule has 0 aromatic carbocycles. The fourth-order valence-electron chi connectivity index (χ4n) is 4.98. The molecule has 0 N–H and O–H groups in total. The van der Waals surface area contributed by atoms with E-state index in [9.17, 15) is 14.4 Å². The minimum absolute atomic E-state index is 0.256. The number of carbonyl (C=O) groups excluding carboxylic acids is 3. The van der Waals surface area contributed by atoms with Crippen molar-refractivity contribution in [2.45, 2.75) is 130 Å². The van der Waals surface area contributed by atoms with Crippen LogP contribution < -0.4 is 0 Å². The molecule has 3 atom stereocenters. The molecule has 0 aliphatic heterocycles. The molecule has 0 amide bonds. The quantitative estimate of drug-likeness (QED) is 0.0786. The Balaban J connectivity index is 2.83. The lowest BCUT2D eigenvalue weighted by atomic mass is 9.75. The van der Waals surface area contributed by atoms with Gasteiger partial charge in [0.1, 0.15) is 5.92 Å². The summed E-state index contributed by atoms with van der Waals surface area (Å²) in [6, 6.07) is 0. The first-order valence-electron chi connectivity index (χ1n) is 14.5. The Labute approximate surface area is 219 Å². The van der Waals surface area contributed by atoms with E-state index in [1.807, 2.05) is 0 Å². The third-order valence-corrected chi connectivity index (χ3v) is 7.48. The van der Waals surface area contributed by atoms with Gasteiger partial charge in [-0.1, -0.05) is 98.5 Å². The summed E-state index contributed by atoms with van der Waals surface area (Å²) in [5.41, 5.74) is -1.64. The number of unbranched alkanes of at least 4 members (excludes halogenated alkanes) is 8. The van der Waals surface area contributed by atoms with Crippen LogP contribution in [0.15, 0.2) is 12.7 Å². The van der Waals surface area contributed by atoms with Crippen LogP contribution in [0.25, 0.3) is 0 Å². The van der Waals surface area contributed by atoms with Crippen molar-refractivity contribution < 1.29 is 28.6 Å². The van der Waals surface area contributed by atoms with Gasteiger partial charge >= 0.3 is 17.9 Å². The van der Waals surface area contributed by atoms with Gasteiger partial charge in [0.2, 0.25) is 5.60 Å². The van der Waals surface area contributed by atoms with Crippen LogP contribution >= 0.6 is 0 Å². The van der Waals surface area contributed by atoms with E-state index in [2.05, 4.69) is 34.3 Å². The van der Waals surface area contributed by atoms with Crippen LogP contribution in [-0.2, 0) is 28.6 Å². The Morgan fingerprint density at radius 3 is 2.19 bits per heavy atom. The first-order chi connectivity index (χ1) is 17.3. The maximum Gasteiger partial charge on any atom is 0.351 e. The molecule has 3 unspecified atom stereocenters. The molecule has 6 nitrogen and oxygen atoms in total. The van der Waals surface area contributed by atoms with Gasteiger partial charge < -0.3 is 14.2 Å². The lowest BCUT2D eigenvalue weighted by Gasteiger charge is -2.39. The molecule has 1 fully saturated rings. The monoisotopic (exact) mass is 508 g/mol. The van der Waals surface area contributed by atoms with E-state index in [-0.39, 0.29) is 18.9 Å². The van der Waals surface area contributed by atoms with Gasteiger partial charge in [0, 0.05) is 6.08 Å². The van der Waals surface area contributed by atoms with E-state index in [0.29, 0.717) is 25.4 Å². The summed E-state index contributed by atoms with van der Waals surface area (Å²) in [7, 11) is 0.